The van der Waals surface area contributed by atoms with E-state index in [0.717, 1.165) is 24.4 Å². The number of fused-ring (bicyclic) bond motifs is 3. The third kappa shape index (κ3) is 1.94. The predicted molar refractivity (Wildman–Crippen MR) is 75.6 cm³/mol. The molecular formula is C16H22N2. The maximum atomic E-state index is 4.79. The van der Waals surface area contributed by atoms with Gasteiger partial charge in [-0.25, -0.2) is 4.98 Å². The number of benzene rings is 1. The number of nitrogens with zero attached hydrogens (tertiary/aromatic N) is 2. The molecule has 0 radical (unpaired) electrons. The zero-order valence-corrected chi connectivity index (χ0v) is 11.6. The van der Waals surface area contributed by atoms with Crippen LogP contribution in [0, 0.1) is 11.3 Å². The summed E-state index contributed by atoms with van der Waals surface area (Å²) in [6, 6.07) is 8.51. The first-order valence-electron chi connectivity index (χ1n) is 7.00. The molecule has 2 heteroatoms. The van der Waals surface area contributed by atoms with Gasteiger partial charge in [-0.2, -0.15) is 0 Å². The van der Waals surface area contributed by atoms with E-state index in [0.29, 0.717) is 5.41 Å². The van der Waals surface area contributed by atoms with Gasteiger partial charge < -0.3 is 4.57 Å². The first-order chi connectivity index (χ1) is 8.55. The Morgan fingerprint density at radius 1 is 1.17 bits per heavy atom. The molecule has 1 unspecified atom stereocenters. The van der Waals surface area contributed by atoms with Crippen LogP contribution in [0.2, 0.25) is 0 Å². The van der Waals surface area contributed by atoms with Gasteiger partial charge in [0.05, 0.1) is 11.0 Å². The molecule has 0 saturated carbocycles. The molecule has 2 nitrogen and oxygen atoms in total. The van der Waals surface area contributed by atoms with Crippen molar-refractivity contribution in [1.82, 2.24) is 9.55 Å². The highest BCUT2D eigenvalue weighted by atomic mass is 15.1. The van der Waals surface area contributed by atoms with Crippen molar-refractivity contribution in [2.24, 2.45) is 11.3 Å². The molecule has 0 spiro atoms. The molecule has 1 atom stereocenters. The van der Waals surface area contributed by atoms with Crippen LogP contribution in [0.1, 0.15) is 39.4 Å². The minimum absolute atomic E-state index is 0.417. The Hall–Kier alpha value is -1.31. The van der Waals surface area contributed by atoms with E-state index >= 15 is 0 Å². The normalized spacial score (nSPS) is 20.7. The Morgan fingerprint density at radius 2 is 1.94 bits per heavy atom. The second kappa shape index (κ2) is 4.11. The van der Waals surface area contributed by atoms with E-state index in [4.69, 9.17) is 4.98 Å². The number of rotatable bonds is 0. The van der Waals surface area contributed by atoms with Crippen molar-refractivity contribution in [1.29, 1.82) is 0 Å². The lowest BCUT2D eigenvalue weighted by Gasteiger charge is -2.29. The summed E-state index contributed by atoms with van der Waals surface area (Å²) in [4.78, 5) is 4.79. The topological polar surface area (TPSA) is 17.8 Å². The van der Waals surface area contributed by atoms with Gasteiger partial charge >= 0.3 is 0 Å². The summed E-state index contributed by atoms with van der Waals surface area (Å²) < 4.78 is 2.43. The molecular weight excluding hydrogens is 220 g/mol. The minimum Gasteiger partial charge on any atom is -0.328 e. The molecule has 1 aliphatic heterocycles. The van der Waals surface area contributed by atoms with Crippen LogP contribution in [0.15, 0.2) is 24.3 Å². The summed E-state index contributed by atoms with van der Waals surface area (Å²) >= 11 is 0. The Kier molecular flexibility index (Phi) is 2.69. The summed E-state index contributed by atoms with van der Waals surface area (Å²) in [7, 11) is 0. The van der Waals surface area contributed by atoms with E-state index in [1.807, 2.05) is 0 Å². The maximum Gasteiger partial charge on any atom is 0.109 e. The fourth-order valence-corrected chi connectivity index (χ4v) is 3.16. The smallest absolute Gasteiger partial charge is 0.109 e. The summed E-state index contributed by atoms with van der Waals surface area (Å²) in [6.07, 6.45) is 3.67. The molecule has 0 saturated heterocycles. The second-order valence-corrected chi connectivity index (χ2v) is 6.56. The van der Waals surface area contributed by atoms with Gasteiger partial charge in [0.2, 0.25) is 0 Å². The quantitative estimate of drug-likeness (QED) is 0.682. The van der Waals surface area contributed by atoms with Crippen molar-refractivity contribution >= 4 is 11.0 Å². The average Bonchev–Trinajstić information content (AvgIpc) is 2.52. The molecule has 2 aromatic rings. The van der Waals surface area contributed by atoms with Crippen LogP contribution < -0.4 is 0 Å². The lowest BCUT2D eigenvalue weighted by atomic mass is 9.76. The van der Waals surface area contributed by atoms with Gasteiger partial charge in [-0.05, 0) is 36.3 Å². The molecule has 0 aliphatic carbocycles. The monoisotopic (exact) mass is 242 g/mol. The van der Waals surface area contributed by atoms with Crippen molar-refractivity contribution in [3.05, 3.63) is 30.1 Å². The van der Waals surface area contributed by atoms with Crippen LogP contribution in [0.4, 0.5) is 0 Å². The SMILES string of the molecule is CC(C)(C)C1CCc2nc3ccccc3n2CC1. The largest absolute Gasteiger partial charge is 0.328 e. The van der Waals surface area contributed by atoms with Crippen LogP contribution in [-0.4, -0.2) is 9.55 Å². The number of aryl methyl sites for hydroxylation is 2. The molecule has 1 aliphatic rings. The van der Waals surface area contributed by atoms with Crippen molar-refractivity contribution in [3.63, 3.8) is 0 Å². The molecule has 3 rings (SSSR count). The number of para-hydroxylation sites is 2. The highest BCUT2D eigenvalue weighted by Crippen LogP contribution is 2.35. The van der Waals surface area contributed by atoms with Crippen molar-refractivity contribution in [2.45, 2.75) is 46.6 Å². The van der Waals surface area contributed by atoms with E-state index in [1.54, 1.807) is 0 Å². The summed E-state index contributed by atoms with van der Waals surface area (Å²) in [5.41, 5.74) is 2.88. The van der Waals surface area contributed by atoms with Gasteiger partial charge in [0.1, 0.15) is 5.82 Å². The molecule has 0 amide bonds. The van der Waals surface area contributed by atoms with Crippen molar-refractivity contribution < 1.29 is 0 Å². The molecule has 96 valence electrons. The van der Waals surface area contributed by atoms with Crippen molar-refractivity contribution in [3.8, 4) is 0 Å². The Balaban J connectivity index is 1.96. The van der Waals surface area contributed by atoms with Crippen LogP contribution in [0.5, 0.6) is 0 Å². The number of hydrogen-bond donors (Lipinski definition) is 0. The van der Waals surface area contributed by atoms with Gasteiger partial charge in [-0.15, -0.1) is 0 Å². The fraction of sp³-hybridized carbons (Fsp3) is 0.562. The maximum absolute atomic E-state index is 4.79. The first kappa shape index (κ1) is 11.8. The second-order valence-electron chi connectivity index (χ2n) is 6.56. The third-order valence-corrected chi connectivity index (χ3v) is 4.38. The van der Waals surface area contributed by atoms with E-state index in [2.05, 4.69) is 49.6 Å². The van der Waals surface area contributed by atoms with Gasteiger partial charge in [0, 0.05) is 13.0 Å². The fourth-order valence-electron chi connectivity index (χ4n) is 3.16. The molecule has 0 fully saturated rings. The summed E-state index contributed by atoms with van der Waals surface area (Å²) in [5.74, 6) is 2.08. The van der Waals surface area contributed by atoms with Crippen LogP contribution in [-0.2, 0) is 13.0 Å². The van der Waals surface area contributed by atoms with Crippen LogP contribution >= 0.6 is 0 Å². The predicted octanol–water partition coefficient (Wildman–Crippen LogP) is 4.03. The summed E-state index contributed by atoms with van der Waals surface area (Å²) in [5, 5.41) is 0. The number of hydrogen-bond acceptors (Lipinski definition) is 1. The highest BCUT2D eigenvalue weighted by molar-refractivity contribution is 5.75. The van der Waals surface area contributed by atoms with E-state index < -0.39 is 0 Å². The molecule has 2 heterocycles. The highest BCUT2D eigenvalue weighted by Gasteiger charge is 2.27. The molecule has 1 aromatic carbocycles. The zero-order valence-electron chi connectivity index (χ0n) is 11.6. The standard InChI is InChI=1S/C16H22N2/c1-16(2,3)12-8-9-15-17-13-6-4-5-7-14(13)18(15)11-10-12/h4-7,12H,8-11H2,1-3H3. The third-order valence-electron chi connectivity index (χ3n) is 4.38. The lowest BCUT2D eigenvalue weighted by Crippen LogP contribution is -2.20. The number of imidazole rings is 1. The van der Waals surface area contributed by atoms with Gasteiger partial charge in [0.25, 0.3) is 0 Å². The van der Waals surface area contributed by atoms with Gasteiger partial charge in [-0.3, -0.25) is 0 Å². The molecule has 0 bridgehead atoms. The number of aromatic nitrogens is 2. The van der Waals surface area contributed by atoms with Crippen molar-refractivity contribution in [2.75, 3.05) is 0 Å². The molecule has 0 N–H and O–H groups in total. The van der Waals surface area contributed by atoms with Crippen LogP contribution in [0.3, 0.4) is 0 Å². The Morgan fingerprint density at radius 3 is 2.72 bits per heavy atom. The van der Waals surface area contributed by atoms with E-state index in [-0.39, 0.29) is 0 Å². The molecule has 1 aromatic heterocycles. The molecule has 18 heavy (non-hydrogen) atoms. The average molecular weight is 242 g/mol. The zero-order chi connectivity index (χ0) is 12.8. The van der Waals surface area contributed by atoms with Gasteiger partial charge in [0.15, 0.2) is 0 Å². The van der Waals surface area contributed by atoms with Gasteiger partial charge in [-0.1, -0.05) is 32.9 Å². The lowest BCUT2D eigenvalue weighted by molar-refractivity contribution is 0.212. The Labute approximate surface area is 109 Å². The minimum atomic E-state index is 0.417. The van der Waals surface area contributed by atoms with Crippen LogP contribution in [0.25, 0.3) is 11.0 Å². The first-order valence-corrected chi connectivity index (χ1v) is 7.00. The van der Waals surface area contributed by atoms with E-state index in [1.165, 1.54) is 24.2 Å². The van der Waals surface area contributed by atoms with E-state index in [9.17, 15) is 0 Å². The Bertz CT molecular complexity index is 560. The summed E-state index contributed by atoms with van der Waals surface area (Å²) in [6.45, 7) is 8.22.